The average molecular weight is 354 g/mol. The highest BCUT2D eigenvalue weighted by molar-refractivity contribution is 5.91. The quantitative estimate of drug-likeness (QED) is 0.630. The number of benzene rings is 2. The average Bonchev–Trinajstić information content (AvgIpc) is 2.65. The number of nitrogens with one attached hydrogen (secondary N) is 1. The van der Waals surface area contributed by atoms with Crippen molar-refractivity contribution in [1.29, 1.82) is 0 Å². The smallest absolute Gasteiger partial charge is 0.250 e. The Labute approximate surface area is 157 Å². The Morgan fingerprint density at radius 3 is 2.38 bits per heavy atom. The second-order valence-electron chi connectivity index (χ2n) is 6.70. The Morgan fingerprint density at radius 1 is 1.08 bits per heavy atom. The van der Waals surface area contributed by atoms with E-state index in [4.69, 9.17) is 4.74 Å². The number of rotatable bonds is 10. The molecule has 0 aliphatic heterocycles. The summed E-state index contributed by atoms with van der Waals surface area (Å²) >= 11 is 0. The lowest BCUT2D eigenvalue weighted by Gasteiger charge is -2.18. The van der Waals surface area contributed by atoms with E-state index in [9.17, 15) is 4.79 Å². The lowest BCUT2D eigenvalue weighted by molar-refractivity contribution is -0.120. The Hall–Kier alpha value is -2.33. The van der Waals surface area contributed by atoms with E-state index in [2.05, 4.69) is 55.5 Å². The van der Waals surface area contributed by atoms with Crippen molar-refractivity contribution in [2.75, 3.05) is 37.5 Å². The molecule has 0 fully saturated rings. The van der Waals surface area contributed by atoms with Gasteiger partial charge >= 0.3 is 0 Å². The van der Waals surface area contributed by atoms with Crippen LogP contribution in [0, 0.1) is 0 Å². The van der Waals surface area contributed by atoms with Crippen LogP contribution in [0.5, 0.6) is 0 Å². The normalized spacial score (nSPS) is 11.8. The zero-order valence-electron chi connectivity index (χ0n) is 16.1. The minimum Gasteiger partial charge on any atom is -0.378 e. The van der Waals surface area contributed by atoms with Crippen molar-refractivity contribution in [3.8, 4) is 0 Å². The topological polar surface area (TPSA) is 41.6 Å². The minimum absolute atomic E-state index is 0.100. The predicted octanol–water partition coefficient (Wildman–Crippen LogP) is 4.68. The van der Waals surface area contributed by atoms with Gasteiger partial charge in [-0.3, -0.25) is 4.79 Å². The summed E-state index contributed by atoms with van der Waals surface area (Å²) in [6.07, 6.45) is 3.13. The highest BCUT2D eigenvalue weighted by Gasteiger charge is 2.10. The number of carbonyl (C=O) groups excluding carboxylic acids is 1. The molecule has 0 spiro atoms. The van der Waals surface area contributed by atoms with Crippen LogP contribution in [0.2, 0.25) is 0 Å². The first kappa shape index (κ1) is 20.0. The maximum atomic E-state index is 11.8. The number of hydrogen-bond donors (Lipinski definition) is 1. The number of ether oxygens (including phenoxy) is 1. The van der Waals surface area contributed by atoms with Gasteiger partial charge in [0.2, 0.25) is 5.91 Å². The highest BCUT2D eigenvalue weighted by Crippen LogP contribution is 2.26. The molecule has 2 aromatic carbocycles. The molecule has 0 bridgehead atoms. The van der Waals surface area contributed by atoms with Crippen LogP contribution in [0.15, 0.2) is 54.6 Å². The molecule has 0 aliphatic carbocycles. The molecule has 0 heterocycles. The SMILES string of the molecule is CCC(CCCOCC(=O)Nc1ccccc1)c1ccc(N(C)C)cc1. The molecular weight excluding hydrogens is 324 g/mol. The highest BCUT2D eigenvalue weighted by atomic mass is 16.5. The van der Waals surface area contributed by atoms with E-state index in [1.54, 1.807) is 0 Å². The number of para-hydroxylation sites is 1. The lowest BCUT2D eigenvalue weighted by atomic mass is 9.92. The third-order valence-corrected chi connectivity index (χ3v) is 4.51. The van der Waals surface area contributed by atoms with E-state index in [0.717, 1.165) is 24.9 Å². The number of carbonyl (C=O) groups is 1. The van der Waals surface area contributed by atoms with Crippen molar-refractivity contribution in [2.24, 2.45) is 0 Å². The van der Waals surface area contributed by atoms with Gasteiger partial charge in [0.05, 0.1) is 0 Å². The second-order valence-corrected chi connectivity index (χ2v) is 6.70. The molecule has 26 heavy (non-hydrogen) atoms. The van der Waals surface area contributed by atoms with Crippen LogP contribution >= 0.6 is 0 Å². The predicted molar refractivity (Wildman–Crippen MR) is 109 cm³/mol. The summed E-state index contributed by atoms with van der Waals surface area (Å²) in [5.41, 5.74) is 3.39. The van der Waals surface area contributed by atoms with E-state index in [1.165, 1.54) is 11.3 Å². The van der Waals surface area contributed by atoms with Gasteiger partial charge in [-0.05, 0) is 55.0 Å². The van der Waals surface area contributed by atoms with Crippen LogP contribution in [0.25, 0.3) is 0 Å². The van der Waals surface area contributed by atoms with Gasteiger partial charge in [0.1, 0.15) is 6.61 Å². The van der Waals surface area contributed by atoms with Crippen molar-refractivity contribution in [2.45, 2.75) is 32.1 Å². The summed E-state index contributed by atoms with van der Waals surface area (Å²) in [6.45, 7) is 2.93. The molecule has 0 radical (unpaired) electrons. The van der Waals surface area contributed by atoms with Crippen molar-refractivity contribution < 1.29 is 9.53 Å². The van der Waals surface area contributed by atoms with E-state index in [0.29, 0.717) is 12.5 Å². The largest absolute Gasteiger partial charge is 0.378 e. The summed E-state index contributed by atoms with van der Waals surface area (Å²) in [5, 5.41) is 2.83. The third-order valence-electron chi connectivity index (χ3n) is 4.51. The molecule has 1 atom stereocenters. The fourth-order valence-electron chi connectivity index (χ4n) is 2.97. The standard InChI is InChI=1S/C22H30N2O2/c1-4-18(19-12-14-21(15-13-19)24(2)3)9-8-16-26-17-22(25)23-20-10-6-5-7-11-20/h5-7,10-15,18H,4,8-9,16-17H2,1-3H3,(H,23,25). The van der Waals surface area contributed by atoms with Crippen molar-refractivity contribution >= 4 is 17.3 Å². The van der Waals surface area contributed by atoms with Crippen molar-refractivity contribution in [3.63, 3.8) is 0 Å². The monoisotopic (exact) mass is 354 g/mol. The summed E-state index contributed by atoms with van der Waals surface area (Å²) in [5.74, 6) is 0.426. The molecule has 2 aromatic rings. The first-order valence-electron chi connectivity index (χ1n) is 9.30. The molecule has 2 rings (SSSR count). The molecule has 4 heteroatoms. The van der Waals surface area contributed by atoms with E-state index in [1.807, 2.05) is 30.3 Å². The van der Waals surface area contributed by atoms with Gasteiger partial charge in [-0.1, -0.05) is 37.3 Å². The van der Waals surface area contributed by atoms with Gasteiger partial charge in [0.25, 0.3) is 0 Å². The van der Waals surface area contributed by atoms with Crippen LogP contribution in [0.3, 0.4) is 0 Å². The van der Waals surface area contributed by atoms with Crippen LogP contribution in [0.1, 0.15) is 37.7 Å². The first-order chi connectivity index (χ1) is 12.6. The molecule has 0 aliphatic rings. The van der Waals surface area contributed by atoms with Gasteiger partial charge in [-0.15, -0.1) is 0 Å². The molecular formula is C22H30N2O2. The summed E-state index contributed by atoms with van der Waals surface area (Å²) in [4.78, 5) is 13.9. The van der Waals surface area contributed by atoms with Crippen molar-refractivity contribution in [3.05, 3.63) is 60.2 Å². The zero-order chi connectivity index (χ0) is 18.8. The van der Waals surface area contributed by atoms with Crippen LogP contribution in [0.4, 0.5) is 11.4 Å². The van der Waals surface area contributed by atoms with Crippen LogP contribution in [-0.4, -0.2) is 33.2 Å². The summed E-state index contributed by atoms with van der Waals surface area (Å²) in [7, 11) is 4.11. The molecule has 0 aromatic heterocycles. The molecule has 140 valence electrons. The second kappa shape index (κ2) is 10.6. The first-order valence-corrected chi connectivity index (χ1v) is 9.30. The van der Waals surface area contributed by atoms with E-state index in [-0.39, 0.29) is 12.5 Å². The van der Waals surface area contributed by atoms with Gasteiger partial charge in [0.15, 0.2) is 0 Å². The molecule has 1 amide bonds. The van der Waals surface area contributed by atoms with Crippen LogP contribution < -0.4 is 10.2 Å². The Kier molecular flexibility index (Phi) is 8.16. The number of amides is 1. The maximum Gasteiger partial charge on any atom is 0.250 e. The molecule has 0 saturated heterocycles. The Balaban J connectivity index is 1.68. The maximum absolute atomic E-state index is 11.8. The fourth-order valence-corrected chi connectivity index (χ4v) is 2.97. The molecule has 1 unspecified atom stereocenters. The van der Waals surface area contributed by atoms with Gasteiger partial charge in [-0.2, -0.15) is 0 Å². The number of hydrogen-bond acceptors (Lipinski definition) is 3. The van der Waals surface area contributed by atoms with E-state index >= 15 is 0 Å². The Bertz CT molecular complexity index is 654. The third kappa shape index (κ3) is 6.52. The summed E-state index contributed by atoms with van der Waals surface area (Å²) in [6, 6.07) is 18.2. The Morgan fingerprint density at radius 2 is 1.77 bits per heavy atom. The number of nitrogens with zero attached hydrogens (tertiary/aromatic N) is 1. The minimum atomic E-state index is -0.109. The summed E-state index contributed by atoms with van der Waals surface area (Å²) < 4.78 is 5.53. The van der Waals surface area contributed by atoms with Gasteiger partial charge < -0.3 is 15.0 Å². The fraction of sp³-hybridized carbons (Fsp3) is 0.409. The zero-order valence-corrected chi connectivity index (χ0v) is 16.1. The van der Waals surface area contributed by atoms with Crippen molar-refractivity contribution in [1.82, 2.24) is 0 Å². The number of anilines is 2. The molecule has 0 saturated carbocycles. The van der Waals surface area contributed by atoms with Crippen LogP contribution in [-0.2, 0) is 9.53 Å². The van der Waals surface area contributed by atoms with E-state index < -0.39 is 0 Å². The molecule has 1 N–H and O–H groups in total. The lowest BCUT2D eigenvalue weighted by Crippen LogP contribution is -2.18. The molecule has 4 nitrogen and oxygen atoms in total. The van der Waals surface area contributed by atoms with Gasteiger partial charge in [0, 0.05) is 32.1 Å². The van der Waals surface area contributed by atoms with Gasteiger partial charge in [-0.25, -0.2) is 0 Å².